The van der Waals surface area contributed by atoms with Gasteiger partial charge in [-0.15, -0.1) is 0 Å². The van der Waals surface area contributed by atoms with Gasteiger partial charge in [0.05, 0.1) is 37.7 Å². The van der Waals surface area contributed by atoms with Crippen LogP contribution in [0.1, 0.15) is 32.1 Å². The number of carbonyl (C=O) groups excluding carboxylic acids is 1. The lowest BCUT2D eigenvalue weighted by Gasteiger charge is -2.36. The summed E-state index contributed by atoms with van der Waals surface area (Å²) in [6.07, 6.45) is 8.39. The van der Waals surface area contributed by atoms with Crippen LogP contribution in [-0.2, 0) is 14.6 Å². The van der Waals surface area contributed by atoms with Crippen LogP contribution in [0.5, 0.6) is 0 Å². The molecule has 3 fully saturated rings. The SMILES string of the molecule is O=C(C[NH+]1CCN(c2ncccn2)CC1)N(C1CCCC1)[C@H]1CCS(=O)(=O)C1. The van der Waals surface area contributed by atoms with E-state index in [1.807, 2.05) is 11.0 Å². The second-order valence-electron chi connectivity index (χ2n) is 8.26. The number of quaternary nitrogens is 1. The van der Waals surface area contributed by atoms with Crippen LogP contribution in [-0.4, -0.2) is 85.5 Å². The molecule has 9 heteroatoms. The molecule has 0 radical (unpaired) electrons. The van der Waals surface area contributed by atoms with E-state index in [9.17, 15) is 13.2 Å². The average molecular weight is 409 g/mol. The highest BCUT2D eigenvalue weighted by atomic mass is 32.2. The highest BCUT2D eigenvalue weighted by Gasteiger charge is 2.40. The largest absolute Gasteiger partial charge is 0.331 e. The number of hydrogen-bond donors (Lipinski definition) is 1. The molecule has 1 aromatic heterocycles. The summed E-state index contributed by atoms with van der Waals surface area (Å²) in [6, 6.07) is 1.91. The molecule has 0 unspecified atom stereocenters. The molecular weight excluding hydrogens is 378 g/mol. The normalized spacial score (nSPS) is 25.9. The number of carbonyl (C=O) groups is 1. The van der Waals surface area contributed by atoms with Crippen LogP contribution in [0.15, 0.2) is 18.5 Å². The van der Waals surface area contributed by atoms with Crippen molar-refractivity contribution in [2.24, 2.45) is 0 Å². The number of nitrogens with zero attached hydrogens (tertiary/aromatic N) is 4. The monoisotopic (exact) mass is 408 g/mol. The van der Waals surface area contributed by atoms with E-state index in [1.54, 1.807) is 12.4 Å². The summed E-state index contributed by atoms with van der Waals surface area (Å²) >= 11 is 0. The molecule has 0 bridgehead atoms. The van der Waals surface area contributed by atoms with Crippen molar-refractivity contribution in [2.75, 3.05) is 49.1 Å². The minimum Gasteiger partial charge on any atom is -0.331 e. The van der Waals surface area contributed by atoms with E-state index < -0.39 is 9.84 Å². The fourth-order valence-corrected chi connectivity index (χ4v) is 6.55. The number of aromatic nitrogens is 2. The van der Waals surface area contributed by atoms with Gasteiger partial charge in [-0.2, -0.15) is 0 Å². The first kappa shape index (κ1) is 19.6. The Labute approximate surface area is 166 Å². The molecular formula is C19H30N5O3S+. The molecule has 3 aliphatic rings. The number of piperazine rings is 1. The fraction of sp³-hybridized carbons (Fsp3) is 0.737. The highest BCUT2D eigenvalue weighted by molar-refractivity contribution is 7.91. The summed E-state index contributed by atoms with van der Waals surface area (Å²) in [5.41, 5.74) is 0. The predicted octanol–water partition coefficient (Wildman–Crippen LogP) is -0.860. The van der Waals surface area contributed by atoms with Gasteiger partial charge in [0.15, 0.2) is 16.4 Å². The Morgan fingerprint density at radius 3 is 2.39 bits per heavy atom. The van der Waals surface area contributed by atoms with Gasteiger partial charge in [-0.05, 0) is 25.3 Å². The Morgan fingerprint density at radius 1 is 1.11 bits per heavy atom. The van der Waals surface area contributed by atoms with Gasteiger partial charge in [0.2, 0.25) is 5.95 Å². The van der Waals surface area contributed by atoms with Gasteiger partial charge < -0.3 is 14.7 Å². The summed E-state index contributed by atoms with van der Waals surface area (Å²) in [5, 5.41) is 0. The van der Waals surface area contributed by atoms with Crippen LogP contribution >= 0.6 is 0 Å². The Balaban J connectivity index is 1.37. The molecule has 8 nitrogen and oxygen atoms in total. The third-order valence-electron chi connectivity index (χ3n) is 6.31. The van der Waals surface area contributed by atoms with Crippen LogP contribution < -0.4 is 9.80 Å². The smallest absolute Gasteiger partial charge is 0.278 e. The lowest BCUT2D eigenvalue weighted by atomic mass is 10.1. The molecule has 2 saturated heterocycles. The van der Waals surface area contributed by atoms with Crippen molar-refractivity contribution in [3.8, 4) is 0 Å². The molecule has 1 N–H and O–H groups in total. The summed E-state index contributed by atoms with van der Waals surface area (Å²) in [6.45, 7) is 3.84. The quantitative estimate of drug-likeness (QED) is 0.682. The Morgan fingerprint density at radius 2 is 1.79 bits per heavy atom. The van der Waals surface area contributed by atoms with E-state index in [0.717, 1.165) is 57.8 Å². The predicted molar refractivity (Wildman–Crippen MR) is 106 cm³/mol. The molecule has 154 valence electrons. The van der Waals surface area contributed by atoms with Gasteiger partial charge >= 0.3 is 0 Å². The lowest BCUT2D eigenvalue weighted by molar-refractivity contribution is -0.892. The average Bonchev–Trinajstić information content (AvgIpc) is 3.33. The summed E-state index contributed by atoms with van der Waals surface area (Å²) in [7, 11) is -3.00. The number of hydrogen-bond acceptors (Lipinski definition) is 6. The number of anilines is 1. The van der Waals surface area contributed by atoms with Gasteiger partial charge in [-0.25, -0.2) is 18.4 Å². The molecule has 4 rings (SSSR count). The second-order valence-corrected chi connectivity index (χ2v) is 10.5. The third kappa shape index (κ3) is 4.46. The van der Waals surface area contributed by atoms with Gasteiger partial charge in [0.1, 0.15) is 0 Å². The molecule has 0 spiro atoms. The topological polar surface area (TPSA) is 87.9 Å². The van der Waals surface area contributed by atoms with Gasteiger partial charge in [0, 0.05) is 24.5 Å². The lowest BCUT2D eigenvalue weighted by Crippen LogP contribution is -3.16. The minimum atomic E-state index is -3.00. The van der Waals surface area contributed by atoms with Crippen LogP contribution in [0.3, 0.4) is 0 Å². The molecule has 1 saturated carbocycles. The number of nitrogens with one attached hydrogen (secondary N) is 1. The molecule has 1 aromatic rings. The summed E-state index contributed by atoms with van der Waals surface area (Å²) in [4.78, 5) is 27.2. The van der Waals surface area contributed by atoms with Crippen LogP contribution in [0.2, 0.25) is 0 Å². The van der Waals surface area contributed by atoms with E-state index in [4.69, 9.17) is 0 Å². The molecule has 1 aliphatic carbocycles. The maximum absolute atomic E-state index is 13.2. The first-order valence-electron chi connectivity index (χ1n) is 10.4. The summed E-state index contributed by atoms with van der Waals surface area (Å²) < 4.78 is 24.0. The van der Waals surface area contributed by atoms with E-state index in [-0.39, 0.29) is 29.5 Å². The first-order chi connectivity index (χ1) is 13.5. The van der Waals surface area contributed by atoms with Crippen LogP contribution in [0.4, 0.5) is 5.95 Å². The van der Waals surface area contributed by atoms with Gasteiger partial charge in [0.25, 0.3) is 5.91 Å². The Hall–Kier alpha value is -1.74. The molecule has 28 heavy (non-hydrogen) atoms. The number of amides is 1. The van der Waals surface area contributed by atoms with Crippen molar-refractivity contribution in [2.45, 2.75) is 44.2 Å². The highest BCUT2D eigenvalue weighted by Crippen LogP contribution is 2.29. The van der Waals surface area contributed by atoms with Gasteiger partial charge in [-0.1, -0.05) is 12.8 Å². The van der Waals surface area contributed by atoms with Gasteiger partial charge in [-0.3, -0.25) is 4.79 Å². The summed E-state index contributed by atoms with van der Waals surface area (Å²) in [5.74, 6) is 1.24. The third-order valence-corrected chi connectivity index (χ3v) is 8.06. The van der Waals surface area contributed by atoms with Crippen molar-refractivity contribution in [1.82, 2.24) is 14.9 Å². The zero-order valence-electron chi connectivity index (χ0n) is 16.3. The van der Waals surface area contributed by atoms with Crippen molar-refractivity contribution in [3.63, 3.8) is 0 Å². The minimum absolute atomic E-state index is 0.126. The van der Waals surface area contributed by atoms with E-state index in [1.165, 1.54) is 4.90 Å². The van der Waals surface area contributed by atoms with Crippen molar-refractivity contribution >= 4 is 21.7 Å². The van der Waals surface area contributed by atoms with E-state index >= 15 is 0 Å². The second kappa shape index (κ2) is 8.32. The van der Waals surface area contributed by atoms with E-state index in [0.29, 0.717) is 13.0 Å². The number of sulfone groups is 1. The molecule has 1 atom stereocenters. The van der Waals surface area contributed by atoms with Crippen LogP contribution in [0, 0.1) is 0 Å². The fourth-order valence-electron chi connectivity index (χ4n) is 4.84. The van der Waals surface area contributed by atoms with Crippen molar-refractivity contribution in [1.29, 1.82) is 0 Å². The molecule has 2 aliphatic heterocycles. The van der Waals surface area contributed by atoms with Crippen molar-refractivity contribution < 1.29 is 18.1 Å². The first-order valence-corrected chi connectivity index (χ1v) is 12.2. The van der Waals surface area contributed by atoms with Crippen LogP contribution in [0.25, 0.3) is 0 Å². The molecule has 3 heterocycles. The van der Waals surface area contributed by atoms with E-state index in [2.05, 4.69) is 14.9 Å². The van der Waals surface area contributed by atoms with Crippen molar-refractivity contribution in [3.05, 3.63) is 18.5 Å². The maximum Gasteiger partial charge on any atom is 0.278 e. The number of rotatable bonds is 5. The molecule has 0 aromatic carbocycles. The zero-order valence-corrected chi connectivity index (χ0v) is 17.1. The Kier molecular flexibility index (Phi) is 5.82. The molecule has 1 amide bonds. The maximum atomic E-state index is 13.2. The Bertz CT molecular complexity index is 774. The zero-order chi connectivity index (χ0) is 19.6. The standard InChI is InChI=1S/C19H29N5O3S/c25-18(14-22-9-11-23(12-10-22)19-20-7-3-8-21-19)24(16-4-1-2-5-16)17-6-13-28(26,27)15-17/h3,7-8,16-17H,1-2,4-6,9-15H2/p+1/t17-/m0/s1.